The number of hydrogen-bond donors (Lipinski definition) is 0. The molecular formula is C17H16N2O. The minimum absolute atomic E-state index is 0.0122. The first kappa shape index (κ1) is 12.6. The average molecular weight is 264 g/mol. The van der Waals surface area contributed by atoms with Crippen LogP contribution in [-0.2, 0) is 0 Å². The number of hydrogen-bond acceptors (Lipinski definition) is 2. The monoisotopic (exact) mass is 264 g/mol. The number of fused-ring (bicyclic) bond motifs is 1. The Kier molecular flexibility index (Phi) is 2.90. The van der Waals surface area contributed by atoms with Gasteiger partial charge in [-0.3, -0.25) is 9.36 Å². The van der Waals surface area contributed by atoms with Crippen LogP contribution in [0.4, 0.5) is 0 Å². The van der Waals surface area contributed by atoms with Gasteiger partial charge in [0.25, 0.3) is 5.56 Å². The number of aryl methyl sites for hydroxylation is 3. The summed E-state index contributed by atoms with van der Waals surface area (Å²) in [6, 6.07) is 13.6. The predicted molar refractivity (Wildman–Crippen MR) is 81.6 cm³/mol. The van der Waals surface area contributed by atoms with E-state index in [1.165, 1.54) is 0 Å². The summed E-state index contributed by atoms with van der Waals surface area (Å²) in [5.74, 6) is 0.711. The van der Waals surface area contributed by atoms with Crippen molar-refractivity contribution in [2.45, 2.75) is 20.8 Å². The Bertz CT molecular complexity index is 862. The van der Waals surface area contributed by atoms with Crippen LogP contribution in [0.5, 0.6) is 0 Å². The zero-order valence-electron chi connectivity index (χ0n) is 11.8. The van der Waals surface area contributed by atoms with E-state index in [1.54, 1.807) is 4.57 Å². The normalized spacial score (nSPS) is 10.9. The molecule has 0 aliphatic rings. The SMILES string of the molecule is Cc1ccc(C)c(-n2c(C)nc3ccccc3c2=O)c1. The lowest BCUT2D eigenvalue weighted by molar-refractivity contribution is 0.886. The molecule has 0 bridgehead atoms. The molecule has 0 saturated carbocycles. The van der Waals surface area contributed by atoms with Gasteiger partial charge in [0, 0.05) is 0 Å². The number of nitrogens with zero attached hydrogens (tertiary/aromatic N) is 2. The van der Waals surface area contributed by atoms with E-state index in [2.05, 4.69) is 4.98 Å². The van der Waals surface area contributed by atoms with Gasteiger partial charge >= 0.3 is 0 Å². The Balaban J connectivity index is 2.42. The largest absolute Gasteiger partial charge is 0.268 e. The van der Waals surface area contributed by atoms with Crippen molar-refractivity contribution in [3.63, 3.8) is 0 Å². The molecule has 1 aromatic heterocycles. The van der Waals surface area contributed by atoms with E-state index >= 15 is 0 Å². The lowest BCUT2D eigenvalue weighted by Gasteiger charge is -2.13. The molecule has 2 aromatic carbocycles. The van der Waals surface area contributed by atoms with Crippen molar-refractivity contribution in [1.82, 2.24) is 9.55 Å². The lowest BCUT2D eigenvalue weighted by Crippen LogP contribution is -2.23. The van der Waals surface area contributed by atoms with E-state index in [-0.39, 0.29) is 5.56 Å². The smallest absolute Gasteiger partial charge is 0.265 e. The molecule has 0 amide bonds. The van der Waals surface area contributed by atoms with E-state index in [4.69, 9.17) is 0 Å². The second-order valence-electron chi connectivity index (χ2n) is 5.11. The Labute approximate surface area is 117 Å². The Hall–Kier alpha value is -2.42. The average Bonchev–Trinajstić information content (AvgIpc) is 2.42. The third-order valence-corrected chi connectivity index (χ3v) is 3.55. The maximum atomic E-state index is 12.7. The van der Waals surface area contributed by atoms with Crippen LogP contribution in [0.15, 0.2) is 47.3 Å². The maximum Gasteiger partial charge on any atom is 0.265 e. The quantitative estimate of drug-likeness (QED) is 0.676. The van der Waals surface area contributed by atoms with Crippen LogP contribution in [-0.4, -0.2) is 9.55 Å². The van der Waals surface area contributed by atoms with E-state index < -0.39 is 0 Å². The van der Waals surface area contributed by atoms with Gasteiger partial charge in [-0.1, -0.05) is 24.3 Å². The predicted octanol–water partition coefficient (Wildman–Crippen LogP) is 3.31. The first-order valence-electron chi connectivity index (χ1n) is 6.64. The van der Waals surface area contributed by atoms with Crippen LogP contribution in [0, 0.1) is 20.8 Å². The third-order valence-electron chi connectivity index (χ3n) is 3.55. The molecule has 0 unspecified atom stereocenters. The van der Waals surface area contributed by atoms with Gasteiger partial charge < -0.3 is 0 Å². The summed E-state index contributed by atoms with van der Waals surface area (Å²) in [6.45, 7) is 5.91. The van der Waals surface area contributed by atoms with Crippen LogP contribution < -0.4 is 5.56 Å². The highest BCUT2D eigenvalue weighted by molar-refractivity contribution is 5.77. The highest BCUT2D eigenvalue weighted by Gasteiger charge is 2.11. The molecule has 3 heteroatoms. The van der Waals surface area contributed by atoms with Gasteiger partial charge in [0.05, 0.1) is 16.6 Å². The van der Waals surface area contributed by atoms with Crippen LogP contribution in [0.3, 0.4) is 0 Å². The fraction of sp³-hybridized carbons (Fsp3) is 0.176. The van der Waals surface area contributed by atoms with Crippen LogP contribution in [0.25, 0.3) is 16.6 Å². The van der Waals surface area contributed by atoms with E-state index in [1.807, 2.05) is 63.2 Å². The Morgan fingerprint density at radius 2 is 1.75 bits per heavy atom. The molecule has 3 rings (SSSR count). The number of aromatic nitrogens is 2. The Morgan fingerprint density at radius 1 is 1.00 bits per heavy atom. The molecule has 1 heterocycles. The summed E-state index contributed by atoms with van der Waals surface area (Å²) >= 11 is 0. The lowest BCUT2D eigenvalue weighted by atomic mass is 10.1. The molecule has 3 nitrogen and oxygen atoms in total. The van der Waals surface area contributed by atoms with Crippen molar-refractivity contribution >= 4 is 10.9 Å². The second kappa shape index (κ2) is 4.60. The van der Waals surface area contributed by atoms with Crippen molar-refractivity contribution < 1.29 is 0 Å². The standard InChI is InChI=1S/C17H16N2O/c1-11-8-9-12(2)16(10-11)19-13(3)18-15-7-5-4-6-14(15)17(19)20/h4-10H,1-3H3. The zero-order valence-corrected chi connectivity index (χ0v) is 11.8. The molecule has 0 spiro atoms. The fourth-order valence-corrected chi connectivity index (χ4v) is 2.49. The first-order chi connectivity index (χ1) is 9.58. The maximum absolute atomic E-state index is 12.7. The molecule has 0 fully saturated rings. The molecule has 0 N–H and O–H groups in total. The van der Waals surface area contributed by atoms with Gasteiger partial charge in [-0.05, 0) is 50.1 Å². The van der Waals surface area contributed by atoms with Gasteiger partial charge in [0.15, 0.2) is 0 Å². The number of para-hydroxylation sites is 1. The van der Waals surface area contributed by atoms with Crippen LogP contribution in [0.2, 0.25) is 0 Å². The third kappa shape index (κ3) is 1.92. The van der Waals surface area contributed by atoms with Crippen molar-refractivity contribution in [3.05, 3.63) is 69.8 Å². The van der Waals surface area contributed by atoms with Crippen molar-refractivity contribution in [2.75, 3.05) is 0 Å². The first-order valence-corrected chi connectivity index (χ1v) is 6.64. The summed E-state index contributed by atoms with van der Waals surface area (Å²) in [5, 5.41) is 0.652. The highest BCUT2D eigenvalue weighted by Crippen LogP contribution is 2.17. The summed E-state index contributed by atoms with van der Waals surface area (Å²) in [5.41, 5.74) is 3.84. The molecule has 3 aromatic rings. The van der Waals surface area contributed by atoms with Crippen molar-refractivity contribution in [1.29, 1.82) is 0 Å². The second-order valence-corrected chi connectivity index (χ2v) is 5.11. The molecule has 0 aliphatic heterocycles. The van der Waals surface area contributed by atoms with Gasteiger partial charge in [-0.15, -0.1) is 0 Å². The fourth-order valence-electron chi connectivity index (χ4n) is 2.49. The summed E-state index contributed by atoms with van der Waals surface area (Å²) in [7, 11) is 0. The molecule has 0 saturated heterocycles. The van der Waals surface area contributed by atoms with Crippen molar-refractivity contribution in [3.8, 4) is 5.69 Å². The summed E-state index contributed by atoms with van der Waals surface area (Å²) in [6.07, 6.45) is 0. The number of benzene rings is 2. The molecule has 0 aliphatic carbocycles. The van der Waals surface area contributed by atoms with E-state index in [0.29, 0.717) is 11.2 Å². The topological polar surface area (TPSA) is 34.9 Å². The molecule has 0 radical (unpaired) electrons. The van der Waals surface area contributed by atoms with Gasteiger partial charge in [-0.25, -0.2) is 4.98 Å². The van der Waals surface area contributed by atoms with Gasteiger partial charge in [0.2, 0.25) is 0 Å². The molecular weight excluding hydrogens is 248 g/mol. The van der Waals surface area contributed by atoms with Crippen LogP contribution in [0.1, 0.15) is 17.0 Å². The number of rotatable bonds is 1. The summed E-state index contributed by atoms with van der Waals surface area (Å²) in [4.78, 5) is 17.3. The zero-order chi connectivity index (χ0) is 14.3. The minimum atomic E-state index is -0.0122. The van der Waals surface area contributed by atoms with Crippen molar-refractivity contribution in [2.24, 2.45) is 0 Å². The summed E-state index contributed by atoms with van der Waals surface area (Å²) < 4.78 is 1.70. The van der Waals surface area contributed by atoms with E-state index in [9.17, 15) is 4.79 Å². The highest BCUT2D eigenvalue weighted by atomic mass is 16.1. The Morgan fingerprint density at radius 3 is 2.55 bits per heavy atom. The van der Waals surface area contributed by atoms with E-state index in [0.717, 1.165) is 22.3 Å². The minimum Gasteiger partial charge on any atom is -0.268 e. The molecule has 20 heavy (non-hydrogen) atoms. The van der Waals surface area contributed by atoms with Gasteiger partial charge in [0.1, 0.15) is 5.82 Å². The molecule has 100 valence electrons. The van der Waals surface area contributed by atoms with Crippen LogP contribution >= 0.6 is 0 Å². The van der Waals surface area contributed by atoms with Gasteiger partial charge in [-0.2, -0.15) is 0 Å². The molecule has 0 atom stereocenters.